The van der Waals surface area contributed by atoms with Gasteiger partial charge in [0.1, 0.15) is 0 Å². The number of rotatable bonds is 4. The van der Waals surface area contributed by atoms with Crippen LogP contribution in [0.2, 0.25) is 0 Å². The van der Waals surface area contributed by atoms with Crippen molar-refractivity contribution >= 4 is 11.8 Å². The lowest BCUT2D eigenvalue weighted by Crippen LogP contribution is -2.21. The molecule has 0 aliphatic carbocycles. The Hall–Kier alpha value is 0.350. The van der Waals surface area contributed by atoms with Gasteiger partial charge in [0.05, 0.1) is 0 Å². The Labute approximate surface area is 102 Å². The van der Waals surface area contributed by atoms with E-state index in [1.54, 1.807) is 0 Å². The summed E-state index contributed by atoms with van der Waals surface area (Å²) in [6, 6.07) is 0. The lowest BCUT2D eigenvalue weighted by molar-refractivity contribution is 0.279. The normalized spacial score (nSPS) is 14.4. The minimum atomic E-state index is 0.402. The van der Waals surface area contributed by atoms with Crippen molar-refractivity contribution in [3.8, 4) is 0 Å². The van der Waals surface area contributed by atoms with Crippen LogP contribution in [0.4, 0.5) is 0 Å². The van der Waals surface area contributed by atoms with Crippen LogP contribution in [0.3, 0.4) is 0 Å². The molecule has 0 atom stereocenters. The Morgan fingerprint density at radius 3 is 1.53 bits per heavy atom. The Morgan fingerprint density at radius 1 is 0.733 bits per heavy atom. The average Bonchev–Trinajstić information content (AvgIpc) is 1.96. The highest BCUT2D eigenvalue weighted by Crippen LogP contribution is 2.36. The molecule has 0 radical (unpaired) electrons. The quantitative estimate of drug-likeness (QED) is 0.625. The Morgan fingerprint density at radius 2 is 1.20 bits per heavy atom. The second-order valence-corrected chi connectivity index (χ2v) is 9.43. The van der Waals surface area contributed by atoms with Crippen molar-refractivity contribution in [2.24, 2.45) is 10.8 Å². The topological polar surface area (TPSA) is 0 Å². The lowest BCUT2D eigenvalue weighted by atomic mass is 9.81. The van der Waals surface area contributed by atoms with Crippen LogP contribution in [0, 0.1) is 10.8 Å². The maximum absolute atomic E-state index is 2.40. The van der Waals surface area contributed by atoms with Gasteiger partial charge >= 0.3 is 0 Å². The smallest absolute Gasteiger partial charge is 0.00752 e. The standard InChI is InChI=1S/C14H30S/c1-12(2,3)9-10-14(7,8)11-15-13(4,5)6/h9-11H2,1-8H3. The van der Waals surface area contributed by atoms with E-state index >= 15 is 0 Å². The molecule has 0 unspecified atom stereocenters. The van der Waals surface area contributed by atoms with Gasteiger partial charge in [0.25, 0.3) is 0 Å². The molecule has 0 bridgehead atoms. The molecule has 0 N–H and O–H groups in total. The van der Waals surface area contributed by atoms with Gasteiger partial charge in [-0.25, -0.2) is 0 Å². The van der Waals surface area contributed by atoms with Gasteiger partial charge in [0.2, 0.25) is 0 Å². The fourth-order valence-electron chi connectivity index (χ4n) is 1.20. The van der Waals surface area contributed by atoms with E-state index in [0.29, 0.717) is 15.6 Å². The highest BCUT2D eigenvalue weighted by molar-refractivity contribution is 8.00. The summed E-state index contributed by atoms with van der Waals surface area (Å²) in [6.07, 6.45) is 2.66. The third-order valence-electron chi connectivity index (χ3n) is 2.45. The molecule has 0 amide bonds. The molecular formula is C14H30S. The first-order valence-electron chi connectivity index (χ1n) is 6.05. The van der Waals surface area contributed by atoms with Crippen molar-refractivity contribution in [2.45, 2.75) is 73.0 Å². The summed E-state index contributed by atoms with van der Waals surface area (Å²) in [5.74, 6) is 1.27. The third-order valence-corrected chi connectivity index (χ3v) is 4.24. The minimum absolute atomic E-state index is 0.402. The van der Waals surface area contributed by atoms with Crippen molar-refractivity contribution in [1.82, 2.24) is 0 Å². The zero-order chi connectivity index (χ0) is 12.3. The molecule has 0 spiro atoms. The number of hydrogen-bond acceptors (Lipinski definition) is 1. The highest BCUT2D eigenvalue weighted by Gasteiger charge is 2.24. The van der Waals surface area contributed by atoms with Gasteiger partial charge < -0.3 is 0 Å². The van der Waals surface area contributed by atoms with E-state index in [1.807, 2.05) is 0 Å². The lowest BCUT2D eigenvalue weighted by Gasteiger charge is -2.31. The van der Waals surface area contributed by atoms with E-state index in [1.165, 1.54) is 18.6 Å². The predicted molar refractivity (Wildman–Crippen MR) is 74.7 cm³/mol. The molecule has 0 heterocycles. The molecule has 0 nitrogen and oxygen atoms in total. The average molecular weight is 230 g/mol. The summed E-state index contributed by atoms with van der Waals surface area (Å²) >= 11 is 2.09. The van der Waals surface area contributed by atoms with Crippen LogP contribution < -0.4 is 0 Å². The van der Waals surface area contributed by atoms with Crippen molar-refractivity contribution in [1.29, 1.82) is 0 Å². The van der Waals surface area contributed by atoms with Crippen molar-refractivity contribution in [2.75, 3.05) is 5.75 Å². The van der Waals surface area contributed by atoms with Gasteiger partial charge in [-0.1, -0.05) is 55.4 Å². The molecule has 0 fully saturated rings. The second kappa shape index (κ2) is 5.12. The van der Waals surface area contributed by atoms with Gasteiger partial charge in [-0.2, -0.15) is 11.8 Å². The molecule has 0 aromatic heterocycles. The zero-order valence-corrected chi connectivity index (χ0v) is 12.8. The Balaban J connectivity index is 3.98. The first-order chi connectivity index (χ1) is 6.41. The second-order valence-electron chi connectivity index (χ2n) is 7.63. The first kappa shape index (κ1) is 15.3. The molecule has 1 heteroatoms. The fourth-order valence-corrected chi connectivity index (χ4v) is 2.17. The third kappa shape index (κ3) is 10.6. The molecule has 0 saturated heterocycles. The van der Waals surface area contributed by atoms with Crippen LogP contribution in [-0.2, 0) is 0 Å². The van der Waals surface area contributed by atoms with Crippen LogP contribution in [0.15, 0.2) is 0 Å². The van der Waals surface area contributed by atoms with Gasteiger partial charge in [0.15, 0.2) is 0 Å². The molecule has 0 aromatic carbocycles. The molecule has 0 aliphatic heterocycles. The zero-order valence-electron chi connectivity index (χ0n) is 12.0. The maximum Gasteiger partial charge on any atom is 0.00752 e. The Bertz CT molecular complexity index is 158. The summed E-state index contributed by atoms with van der Waals surface area (Å²) in [7, 11) is 0. The van der Waals surface area contributed by atoms with E-state index in [2.05, 4.69) is 67.2 Å². The van der Waals surface area contributed by atoms with Crippen LogP contribution in [0.25, 0.3) is 0 Å². The van der Waals surface area contributed by atoms with Crippen molar-refractivity contribution in [3.63, 3.8) is 0 Å². The maximum atomic E-state index is 2.40. The van der Waals surface area contributed by atoms with E-state index in [9.17, 15) is 0 Å². The molecule has 0 aliphatic rings. The van der Waals surface area contributed by atoms with Crippen LogP contribution in [0.5, 0.6) is 0 Å². The summed E-state index contributed by atoms with van der Waals surface area (Å²) < 4.78 is 0.402. The molecule has 0 saturated carbocycles. The van der Waals surface area contributed by atoms with Crippen molar-refractivity contribution in [3.05, 3.63) is 0 Å². The summed E-state index contributed by atoms with van der Waals surface area (Å²) in [6.45, 7) is 18.7. The van der Waals surface area contributed by atoms with Gasteiger partial charge in [-0.3, -0.25) is 0 Å². The van der Waals surface area contributed by atoms with Crippen LogP contribution >= 0.6 is 11.8 Å². The van der Waals surface area contributed by atoms with E-state index in [0.717, 1.165) is 0 Å². The molecule has 0 aromatic rings. The SMILES string of the molecule is CC(C)(C)CCC(C)(C)CSC(C)(C)C. The van der Waals surface area contributed by atoms with Gasteiger partial charge in [-0.05, 0) is 29.4 Å². The Kier molecular flexibility index (Phi) is 5.24. The predicted octanol–water partition coefficient (Wildman–Crippen LogP) is 5.37. The molecular weight excluding hydrogens is 200 g/mol. The monoisotopic (exact) mass is 230 g/mol. The summed E-state index contributed by atoms with van der Waals surface area (Å²) in [5.41, 5.74) is 0.953. The first-order valence-corrected chi connectivity index (χ1v) is 7.04. The highest BCUT2D eigenvalue weighted by atomic mass is 32.2. The van der Waals surface area contributed by atoms with E-state index < -0.39 is 0 Å². The van der Waals surface area contributed by atoms with Crippen LogP contribution in [0.1, 0.15) is 68.2 Å². The fraction of sp³-hybridized carbons (Fsp3) is 1.00. The molecule has 15 heavy (non-hydrogen) atoms. The van der Waals surface area contributed by atoms with Crippen molar-refractivity contribution < 1.29 is 0 Å². The van der Waals surface area contributed by atoms with Gasteiger partial charge in [0, 0.05) is 4.75 Å². The number of thioether (sulfide) groups is 1. The minimum Gasteiger partial charge on any atom is -0.155 e. The molecule has 0 rings (SSSR count). The van der Waals surface area contributed by atoms with Gasteiger partial charge in [-0.15, -0.1) is 0 Å². The molecule has 92 valence electrons. The van der Waals surface area contributed by atoms with E-state index in [-0.39, 0.29) is 0 Å². The largest absolute Gasteiger partial charge is 0.155 e. The number of hydrogen-bond donors (Lipinski definition) is 0. The van der Waals surface area contributed by atoms with E-state index in [4.69, 9.17) is 0 Å². The summed E-state index contributed by atoms with van der Waals surface area (Å²) in [4.78, 5) is 0. The van der Waals surface area contributed by atoms with Crippen LogP contribution in [-0.4, -0.2) is 10.5 Å². The summed E-state index contributed by atoms with van der Waals surface area (Å²) in [5, 5.41) is 0.